The second-order valence-electron chi connectivity index (χ2n) is 8.92. The van der Waals surface area contributed by atoms with Crippen molar-refractivity contribution in [2.24, 2.45) is 0 Å². The lowest BCUT2D eigenvalue weighted by molar-refractivity contribution is -0.236. The third kappa shape index (κ3) is 4.74. The van der Waals surface area contributed by atoms with Crippen LogP contribution in [0.2, 0.25) is 0 Å². The van der Waals surface area contributed by atoms with Gasteiger partial charge in [0.05, 0.1) is 19.3 Å². The van der Waals surface area contributed by atoms with E-state index < -0.39 is 53.3 Å². The molecule has 1 aromatic heterocycles. The van der Waals surface area contributed by atoms with Gasteiger partial charge in [-0.15, -0.1) is 0 Å². The first-order valence-corrected chi connectivity index (χ1v) is 11.0. The predicted molar refractivity (Wildman–Crippen MR) is 123 cm³/mol. The van der Waals surface area contributed by atoms with Crippen molar-refractivity contribution in [1.82, 2.24) is 0 Å². The number of carbonyl (C=O) groups excluding carboxylic acids is 1. The SMILES string of the molecule is COc1cc(=O)oc(/C=C/C=C/C=C/[C@@H]2O[C@]3(C)[C@@H](OC(C)=O)[C@](C)(O[C@@H]3[C@@H](C)O)[C@H]2O)c1C. The van der Waals surface area contributed by atoms with E-state index in [2.05, 4.69) is 0 Å². The summed E-state index contributed by atoms with van der Waals surface area (Å²) in [5.74, 6) is 0.308. The van der Waals surface area contributed by atoms with Gasteiger partial charge < -0.3 is 33.6 Å². The Bertz CT molecular complexity index is 1050. The Hall–Kier alpha value is -2.72. The monoisotopic (exact) mass is 476 g/mol. The van der Waals surface area contributed by atoms with Crippen LogP contribution >= 0.6 is 0 Å². The lowest BCUT2D eigenvalue weighted by Gasteiger charge is -2.47. The minimum atomic E-state index is -1.26. The molecule has 3 heterocycles. The van der Waals surface area contributed by atoms with Gasteiger partial charge in [0, 0.05) is 12.5 Å². The number of fused-ring (bicyclic) bond motifs is 2. The summed E-state index contributed by atoms with van der Waals surface area (Å²) in [6.45, 7) is 7.98. The molecule has 0 aromatic carbocycles. The summed E-state index contributed by atoms with van der Waals surface area (Å²) >= 11 is 0. The Kier molecular flexibility index (Phi) is 7.52. The highest BCUT2D eigenvalue weighted by Crippen LogP contribution is 2.51. The Morgan fingerprint density at radius 2 is 1.85 bits per heavy atom. The minimum absolute atomic E-state index is 0.388. The van der Waals surface area contributed by atoms with E-state index in [0.29, 0.717) is 17.1 Å². The van der Waals surface area contributed by atoms with Crippen LogP contribution in [0.5, 0.6) is 5.75 Å². The van der Waals surface area contributed by atoms with E-state index in [0.717, 1.165) is 0 Å². The van der Waals surface area contributed by atoms with Crippen molar-refractivity contribution in [2.45, 2.75) is 76.3 Å². The number of ether oxygens (including phenoxy) is 4. The molecule has 34 heavy (non-hydrogen) atoms. The highest BCUT2D eigenvalue weighted by Gasteiger charge is 2.71. The molecule has 9 heteroatoms. The Labute approximate surface area is 198 Å². The average Bonchev–Trinajstić information content (AvgIpc) is 2.93. The molecule has 2 aliphatic rings. The van der Waals surface area contributed by atoms with E-state index in [1.54, 1.807) is 64.2 Å². The van der Waals surface area contributed by atoms with Crippen LogP contribution in [-0.4, -0.2) is 65.0 Å². The van der Waals surface area contributed by atoms with Crippen LogP contribution in [-0.2, 0) is 19.0 Å². The lowest BCUT2D eigenvalue weighted by atomic mass is 9.77. The summed E-state index contributed by atoms with van der Waals surface area (Å²) in [4.78, 5) is 23.3. The molecular formula is C25H32O9. The van der Waals surface area contributed by atoms with Crippen molar-refractivity contribution in [3.63, 3.8) is 0 Å². The molecular weight excluding hydrogens is 444 g/mol. The van der Waals surface area contributed by atoms with Crippen LogP contribution in [0.15, 0.2) is 45.7 Å². The first kappa shape index (κ1) is 25.9. The molecule has 0 aliphatic carbocycles. The second-order valence-corrected chi connectivity index (χ2v) is 8.92. The number of carbonyl (C=O) groups is 1. The highest BCUT2D eigenvalue weighted by atomic mass is 16.7. The quantitative estimate of drug-likeness (QED) is 0.449. The molecule has 0 unspecified atom stereocenters. The molecule has 1 aromatic rings. The summed E-state index contributed by atoms with van der Waals surface area (Å²) < 4.78 is 28.0. The van der Waals surface area contributed by atoms with E-state index in [1.807, 2.05) is 0 Å². The third-order valence-corrected chi connectivity index (χ3v) is 6.30. The molecule has 2 N–H and O–H groups in total. The van der Waals surface area contributed by atoms with Crippen molar-refractivity contribution in [1.29, 1.82) is 0 Å². The van der Waals surface area contributed by atoms with Crippen LogP contribution in [0, 0.1) is 6.92 Å². The molecule has 0 saturated carbocycles. The zero-order chi connectivity index (χ0) is 25.3. The maximum atomic E-state index is 11.7. The van der Waals surface area contributed by atoms with Crippen molar-refractivity contribution in [2.75, 3.05) is 7.11 Å². The molecule has 186 valence electrons. The van der Waals surface area contributed by atoms with Gasteiger partial charge in [-0.1, -0.05) is 30.4 Å². The molecule has 3 rings (SSSR count). The number of aliphatic hydroxyl groups excluding tert-OH is 2. The Morgan fingerprint density at radius 1 is 1.18 bits per heavy atom. The van der Waals surface area contributed by atoms with Gasteiger partial charge in [0.1, 0.15) is 41.0 Å². The van der Waals surface area contributed by atoms with Gasteiger partial charge in [0.2, 0.25) is 0 Å². The number of esters is 1. The zero-order valence-electron chi connectivity index (χ0n) is 20.2. The first-order chi connectivity index (χ1) is 15.9. The molecule has 0 spiro atoms. The van der Waals surface area contributed by atoms with Gasteiger partial charge in [0.15, 0.2) is 6.10 Å². The standard InChI is InChI=1S/C25H32O9/c1-14-17(32-20(28)13-19(14)30-6)11-9-7-8-10-12-18-21(29)24(4)23(31-16(3)27)25(5,33-18)22(34-24)15(2)26/h7-13,15,18,21-23,26,29H,1-6H3/b8-7+,11-9+,12-10+/t15-,18+,21+,22-,23+,24-,25+/m1/s1. The van der Waals surface area contributed by atoms with Crippen LogP contribution in [0.4, 0.5) is 0 Å². The van der Waals surface area contributed by atoms with E-state index in [-0.39, 0.29) is 0 Å². The van der Waals surface area contributed by atoms with E-state index in [4.69, 9.17) is 23.4 Å². The number of allylic oxidation sites excluding steroid dienone is 4. The van der Waals surface area contributed by atoms with Crippen molar-refractivity contribution in [3.8, 4) is 5.75 Å². The summed E-state index contributed by atoms with van der Waals surface area (Å²) in [7, 11) is 1.48. The molecule has 0 radical (unpaired) electrons. The summed E-state index contributed by atoms with van der Waals surface area (Å²) in [6.07, 6.45) is 5.63. The van der Waals surface area contributed by atoms with E-state index in [1.165, 1.54) is 20.1 Å². The minimum Gasteiger partial charge on any atom is -0.496 e. The van der Waals surface area contributed by atoms with E-state index >= 15 is 0 Å². The maximum absolute atomic E-state index is 11.7. The molecule has 9 nitrogen and oxygen atoms in total. The fraction of sp³-hybridized carbons (Fsp3) is 0.520. The van der Waals surface area contributed by atoms with Crippen LogP contribution in [0.3, 0.4) is 0 Å². The fourth-order valence-electron chi connectivity index (χ4n) is 4.70. The van der Waals surface area contributed by atoms with Gasteiger partial charge in [-0.3, -0.25) is 4.79 Å². The lowest BCUT2D eigenvalue weighted by Crippen LogP contribution is -2.66. The molecule has 2 fully saturated rings. The van der Waals surface area contributed by atoms with Crippen LogP contribution in [0.1, 0.15) is 39.0 Å². The van der Waals surface area contributed by atoms with Gasteiger partial charge in [-0.2, -0.15) is 0 Å². The molecule has 2 bridgehead atoms. The zero-order valence-corrected chi connectivity index (χ0v) is 20.2. The van der Waals surface area contributed by atoms with Crippen LogP contribution in [0.25, 0.3) is 6.08 Å². The van der Waals surface area contributed by atoms with Gasteiger partial charge in [-0.05, 0) is 33.8 Å². The predicted octanol–water partition coefficient (Wildman–Crippen LogP) is 2.07. The number of hydrogen-bond donors (Lipinski definition) is 2. The van der Waals surface area contributed by atoms with Crippen molar-refractivity contribution < 1.29 is 38.4 Å². The van der Waals surface area contributed by atoms with Gasteiger partial charge >= 0.3 is 11.6 Å². The number of aliphatic hydroxyl groups is 2. The highest BCUT2D eigenvalue weighted by molar-refractivity contribution is 5.66. The van der Waals surface area contributed by atoms with Crippen molar-refractivity contribution >= 4 is 12.0 Å². The molecule has 7 atom stereocenters. The number of methoxy groups -OCH3 is 1. The Balaban J connectivity index is 1.76. The Morgan fingerprint density at radius 3 is 2.47 bits per heavy atom. The van der Waals surface area contributed by atoms with Crippen LogP contribution < -0.4 is 10.4 Å². The van der Waals surface area contributed by atoms with Gasteiger partial charge in [0.25, 0.3) is 0 Å². The van der Waals surface area contributed by atoms with E-state index in [9.17, 15) is 19.8 Å². The average molecular weight is 477 g/mol. The fourth-order valence-corrected chi connectivity index (χ4v) is 4.70. The second kappa shape index (κ2) is 9.87. The van der Waals surface area contributed by atoms with Gasteiger partial charge in [-0.25, -0.2) is 4.79 Å². The smallest absolute Gasteiger partial charge is 0.339 e. The molecule has 2 saturated heterocycles. The van der Waals surface area contributed by atoms with Crippen molar-refractivity contribution in [3.05, 3.63) is 58.2 Å². The maximum Gasteiger partial charge on any atom is 0.339 e. The summed E-state index contributed by atoms with van der Waals surface area (Å²) in [6, 6.07) is 1.28. The number of rotatable bonds is 7. The summed E-state index contributed by atoms with van der Waals surface area (Å²) in [5.41, 5.74) is -2.22. The third-order valence-electron chi connectivity index (χ3n) is 6.30. The summed E-state index contributed by atoms with van der Waals surface area (Å²) in [5, 5.41) is 21.2. The molecule has 0 amide bonds. The normalized spacial score (nSPS) is 34.2. The largest absolute Gasteiger partial charge is 0.496 e. The number of hydrogen-bond acceptors (Lipinski definition) is 9. The first-order valence-electron chi connectivity index (χ1n) is 11.0. The molecule has 2 aliphatic heterocycles. The topological polar surface area (TPSA) is 125 Å².